The van der Waals surface area contributed by atoms with Crippen molar-refractivity contribution in [1.82, 2.24) is 0 Å². The lowest BCUT2D eigenvalue weighted by molar-refractivity contribution is 0.386. The minimum Gasteiger partial charge on any atom is -0.492 e. The molecular formula is C11H13ClFNO. The second-order valence-corrected chi connectivity index (χ2v) is 4.54. The van der Waals surface area contributed by atoms with Crippen LogP contribution in [0.2, 0.25) is 5.02 Å². The highest BCUT2D eigenvalue weighted by molar-refractivity contribution is 6.32. The Labute approximate surface area is 93.2 Å². The lowest BCUT2D eigenvalue weighted by atomic mass is 10.0. The van der Waals surface area contributed by atoms with Gasteiger partial charge in [0.05, 0.1) is 12.1 Å². The Hall–Kier alpha value is -0.800. The van der Waals surface area contributed by atoms with Crippen LogP contribution in [0.5, 0.6) is 5.75 Å². The molecule has 0 saturated heterocycles. The zero-order valence-electron chi connectivity index (χ0n) is 8.52. The molecule has 0 aromatic heterocycles. The van der Waals surface area contributed by atoms with Crippen molar-refractivity contribution < 1.29 is 9.13 Å². The van der Waals surface area contributed by atoms with Crippen LogP contribution in [0.3, 0.4) is 0 Å². The van der Waals surface area contributed by atoms with Gasteiger partial charge in [0.25, 0.3) is 0 Å². The SMILES string of the molecule is COc1c(F)cc(CC2(N)CC2)cc1Cl. The monoisotopic (exact) mass is 229 g/mol. The zero-order valence-corrected chi connectivity index (χ0v) is 9.27. The van der Waals surface area contributed by atoms with Crippen LogP contribution in [0.15, 0.2) is 12.1 Å². The first-order valence-corrected chi connectivity index (χ1v) is 5.23. The highest BCUT2D eigenvalue weighted by atomic mass is 35.5. The van der Waals surface area contributed by atoms with E-state index in [1.54, 1.807) is 6.07 Å². The Balaban J connectivity index is 2.26. The summed E-state index contributed by atoms with van der Waals surface area (Å²) < 4.78 is 18.3. The van der Waals surface area contributed by atoms with E-state index in [0.29, 0.717) is 11.4 Å². The number of hydrogen-bond donors (Lipinski definition) is 1. The maximum atomic E-state index is 13.5. The van der Waals surface area contributed by atoms with Gasteiger partial charge in [0, 0.05) is 5.54 Å². The third-order valence-electron chi connectivity index (χ3n) is 2.71. The third-order valence-corrected chi connectivity index (χ3v) is 2.99. The molecule has 2 rings (SSSR count). The van der Waals surface area contributed by atoms with Crippen LogP contribution in [0, 0.1) is 5.82 Å². The summed E-state index contributed by atoms with van der Waals surface area (Å²) >= 11 is 5.88. The highest BCUT2D eigenvalue weighted by Crippen LogP contribution is 2.37. The average Bonchev–Trinajstić information content (AvgIpc) is 2.82. The van der Waals surface area contributed by atoms with Gasteiger partial charge in [-0.3, -0.25) is 0 Å². The summed E-state index contributed by atoms with van der Waals surface area (Å²) in [5, 5.41) is 0.303. The number of nitrogens with two attached hydrogens (primary N) is 1. The largest absolute Gasteiger partial charge is 0.492 e. The standard InChI is InChI=1S/C11H13ClFNO/c1-15-10-8(12)4-7(5-9(10)13)6-11(14)2-3-11/h4-5H,2-3,6,14H2,1H3. The van der Waals surface area contributed by atoms with E-state index >= 15 is 0 Å². The van der Waals surface area contributed by atoms with Gasteiger partial charge in [-0.15, -0.1) is 0 Å². The molecule has 0 aliphatic heterocycles. The van der Waals surface area contributed by atoms with Gasteiger partial charge in [-0.2, -0.15) is 0 Å². The number of hydrogen-bond acceptors (Lipinski definition) is 2. The first kappa shape index (κ1) is 10.7. The quantitative estimate of drug-likeness (QED) is 0.865. The summed E-state index contributed by atoms with van der Waals surface area (Å²) in [5.41, 5.74) is 6.65. The lowest BCUT2D eigenvalue weighted by Gasteiger charge is -2.11. The van der Waals surface area contributed by atoms with Crippen LogP contribution in [-0.4, -0.2) is 12.6 Å². The number of halogens is 2. The van der Waals surface area contributed by atoms with E-state index in [1.807, 2.05) is 0 Å². The third kappa shape index (κ3) is 2.24. The summed E-state index contributed by atoms with van der Waals surface area (Å²) in [6.45, 7) is 0. The number of benzene rings is 1. The average molecular weight is 230 g/mol. The van der Waals surface area contributed by atoms with Gasteiger partial charge in [0.2, 0.25) is 0 Å². The minimum absolute atomic E-state index is 0.0993. The molecule has 1 aromatic rings. The maximum absolute atomic E-state index is 13.5. The predicted octanol–water partition coefficient (Wildman–Crippen LogP) is 2.52. The predicted molar refractivity (Wildman–Crippen MR) is 57.8 cm³/mol. The van der Waals surface area contributed by atoms with Gasteiger partial charge in [0.1, 0.15) is 0 Å². The second-order valence-electron chi connectivity index (χ2n) is 4.13. The normalized spacial score (nSPS) is 17.6. The van der Waals surface area contributed by atoms with Gasteiger partial charge in [0.15, 0.2) is 11.6 Å². The molecular weight excluding hydrogens is 217 g/mol. The first-order chi connectivity index (χ1) is 7.04. The molecule has 1 saturated carbocycles. The van der Waals surface area contributed by atoms with Crippen molar-refractivity contribution in [3.8, 4) is 5.75 Å². The summed E-state index contributed by atoms with van der Waals surface area (Å²) in [4.78, 5) is 0. The Morgan fingerprint density at radius 3 is 2.67 bits per heavy atom. The van der Waals surface area contributed by atoms with Crippen molar-refractivity contribution in [1.29, 1.82) is 0 Å². The topological polar surface area (TPSA) is 35.2 Å². The number of methoxy groups -OCH3 is 1. The molecule has 0 heterocycles. The molecule has 0 bridgehead atoms. The fourth-order valence-electron chi connectivity index (χ4n) is 1.65. The van der Waals surface area contributed by atoms with Crippen molar-refractivity contribution in [2.45, 2.75) is 24.8 Å². The summed E-state index contributed by atoms with van der Waals surface area (Å²) in [5.74, 6) is -0.327. The number of ether oxygens (including phenoxy) is 1. The smallest absolute Gasteiger partial charge is 0.173 e. The van der Waals surface area contributed by atoms with Crippen molar-refractivity contribution >= 4 is 11.6 Å². The molecule has 1 aliphatic rings. The van der Waals surface area contributed by atoms with Gasteiger partial charge in [-0.1, -0.05) is 11.6 Å². The zero-order chi connectivity index (χ0) is 11.1. The van der Waals surface area contributed by atoms with Gasteiger partial charge in [-0.05, 0) is 37.0 Å². The van der Waals surface area contributed by atoms with E-state index < -0.39 is 5.82 Å². The fraction of sp³-hybridized carbons (Fsp3) is 0.455. The molecule has 1 aromatic carbocycles. The second kappa shape index (κ2) is 3.65. The van der Waals surface area contributed by atoms with Gasteiger partial charge in [-0.25, -0.2) is 4.39 Å². The number of rotatable bonds is 3. The molecule has 2 N–H and O–H groups in total. The fourth-order valence-corrected chi connectivity index (χ4v) is 1.96. The molecule has 15 heavy (non-hydrogen) atoms. The molecule has 0 spiro atoms. The van der Waals surface area contributed by atoms with Crippen molar-refractivity contribution in [3.05, 3.63) is 28.5 Å². The van der Waals surface area contributed by atoms with Crippen LogP contribution in [-0.2, 0) is 6.42 Å². The van der Waals surface area contributed by atoms with Crippen molar-refractivity contribution in [3.63, 3.8) is 0 Å². The molecule has 0 radical (unpaired) electrons. The van der Waals surface area contributed by atoms with Crippen LogP contribution < -0.4 is 10.5 Å². The molecule has 0 amide bonds. The Kier molecular flexibility index (Phi) is 2.61. The molecule has 2 nitrogen and oxygen atoms in total. The van der Waals surface area contributed by atoms with Crippen LogP contribution >= 0.6 is 11.6 Å². The molecule has 82 valence electrons. The van der Waals surface area contributed by atoms with E-state index in [4.69, 9.17) is 22.1 Å². The first-order valence-electron chi connectivity index (χ1n) is 4.85. The summed E-state index contributed by atoms with van der Waals surface area (Å²) in [6.07, 6.45) is 2.67. The summed E-state index contributed by atoms with van der Waals surface area (Å²) in [7, 11) is 1.40. The van der Waals surface area contributed by atoms with E-state index in [2.05, 4.69) is 0 Å². The van der Waals surface area contributed by atoms with Crippen LogP contribution in [0.1, 0.15) is 18.4 Å². The van der Waals surface area contributed by atoms with E-state index in [1.165, 1.54) is 13.2 Å². The summed E-state index contributed by atoms with van der Waals surface area (Å²) in [6, 6.07) is 3.16. The molecule has 1 fully saturated rings. The minimum atomic E-state index is -0.427. The van der Waals surface area contributed by atoms with E-state index in [9.17, 15) is 4.39 Å². The van der Waals surface area contributed by atoms with Gasteiger partial charge < -0.3 is 10.5 Å². The Morgan fingerprint density at radius 1 is 1.53 bits per heavy atom. The molecule has 0 unspecified atom stereocenters. The van der Waals surface area contributed by atoms with E-state index in [-0.39, 0.29) is 11.3 Å². The molecule has 0 atom stereocenters. The molecule has 4 heteroatoms. The van der Waals surface area contributed by atoms with Crippen LogP contribution in [0.4, 0.5) is 4.39 Å². The highest BCUT2D eigenvalue weighted by Gasteiger charge is 2.38. The molecule has 1 aliphatic carbocycles. The van der Waals surface area contributed by atoms with Crippen LogP contribution in [0.25, 0.3) is 0 Å². The lowest BCUT2D eigenvalue weighted by Crippen LogP contribution is -2.24. The Morgan fingerprint density at radius 2 is 2.20 bits per heavy atom. The van der Waals surface area contributed by atoms with Crippen molar-refractivity contribution in [2.75, 3.05) is 7.11 Å². The Bertz CT molecular complexity index is 367. The maximum Gasteiger partial charge on any atom is 0.173 e. The van der Waals surface area contributed by atoms with Gasteiger partial charge >= 0.3 is 0 Å². The van der Waals surface area contributed by atoms with Crippen molar-refractivity contribution in [2.24, 2.45) is 5.73 Å². The van der Waals surface area contributed by atoms with E-state index in [0.717, 1.165) is 18.4 Å².